The van der Waals surface area contributed by atoms with Crippen molar-refractivity contribution in [2.24, 2.45) is 5.92 Å². The van der Waals surface area contributed by atoms with Gasteiger partial charge in [0, 0.05) is 35.1 Å². The zero-order valence-corrected chi connectivity index (χ0v) is 28.9. The Morgan fingerprint density at radius 1 is 0.830 bits per heavy atom. The van der Waals surface area contributed by atoms with Crippen LogP contribution in [0.2, 0.25) is 10.0 Å². The van der Waals surface area contributed by atoms with E-state index in [1.807, 2.05) is 51.1 Å². The highest BCUT2D eigenvalue weighted by Crippen LogP contribution is 2.29. The summed E-state index contributed by atoms with van der Waals surface area (Å²) in [5.41, 5.74) is 1.55. The third kappa shape index (κ3) is 9.50. The van der Waals surface area contributed by atoms with Crippen LogP contribution in [-0.2, 0) is 32.6 Å². The molecule has 0 bridgehead atoms. The van der Waals surface area contributed by atoms with Gasteiger partial charge in [-0.2, -0.15) is 0 Å². The molecule has 2 amide bonds. The number of halogens is 2. The lowest BCUT2D eigenvalue weighted by Crippen LogP contribution is -2.53. The van der Waals surface area contributed by atoms with Crippen molar-refractivity contribution in [3.63, 3.8) is 0 Å². The number of benzene rings is 4. The van der Waals surface area contributed by atoms with Gasteiger partial charge in [0.1, 0.15) is 18.3 Å². The van der Waals surface area contributed by atoms with Gasteiger partial charge in [0.25, 0.3) is 10.0 Å². The fourth-order valence-corrected chi connectivity index (χ4v) is 6.89. The van der Waals surface area contributed by atoms with E-state index in [4.69, 9.17) is 27.9 Å². The van der Waals surface area contributed by atoms with E-state index in [0.29, 0.717) is 34.5 Å². The lowest BCUT2D eigenvalue weighted by Gasteiger charge is -2.34. The van der Waals surface area contributed by atoms with Crippen LogP contribution < -0.4 is 14.4 Å². The second kappa shape index (κ2) is 16.7. The first-order valence-electron chi connectivity index (χ1n) is 15.4. The summed E-state index contributed by atoms with van der Waals surface area (Å²) in [5.74, 6) is -0.307. The molecule has 0 aliphatic rings. The zero-order chi connectivity index (χ0) is 34.0. The number of carbonyl (C=O) groups excluding carboxylic acids is 2. The average Bonchev–Trinajstić information content (AvgIpc) is 3.06. The summed E-state index contributed by atoms with van der Waals surface area (Å²) in [4.78, 5) is 29.8. The van der Waals surface area contributed by atoms with Crippen molar-refractivity contribution in [2.45, 2.75) is 44.7 Å². The smallest absolute Gasteiger partial charge is 0.264 e. The Labute approximate surface area is 287 Å². The quantitative estimate of drug-likeness (QED) is 0.145. The maximum atomic E-state index is 14.6. The highest BCUT2D eigenvalue weighted by atomic mass is 35.5. The molecule has 248 valence electrons. The highest BCUT2D eigenvalue weighted by Gasteiger charge is 2.35. The van der Waals surface area contributed by atoms with Gasteiger partial charge in [0.15, 0.2) is 0 Å². The van der Waals surface area contributed by atoms with Gasteiger partial charge >= 0.3 is 0 Å². The molecule has 0 heterocycles. The van der Waals surface area contributed by atoms with Gasteiger partial charge in [0.2, 0.25) is 11.8 Å². The molecular formula is C36H39Cl2N3O5S. The Hall–Kier alpha value is -4.05. The predicted octanol–water partition coefficient (Wildman–Crippen LogP) is 7.00. The predicted molar refractivity (Wildman–Crippen MR) is 187 cm³/mol. The van der Waals surface area contributed by atoms with Gasteiger partial charge in [0.05, 0.1) is 17.2 Å². The number of nitrogens with one attached hydrogen (secondary N) is 1. The summed E-state index contributed by atoms with van der Waals surface area (Å²) in [7, 11) is -4.25. The van der Waals surface area contributed by atoms with E-state index >= 15 is 0 Å². The molecule has 0 radical (unpaired) electrons. The topological polar surface area (TPSA) is 96.0 Å². The van der Waals surface area contributed by atoms with Crippen LogP contribution in [0.15, 0.2) is 108 Å². The number of rotatable bonds is 15. The lowest BCUT2D eigenvalue weighted by atomic mass is 10.0. The molecule has 0 spiro atoms. The maximum absolute atomic E-state index is 14.6. The van der Waals surface area contributed by atoms with Crippen molar-refractivity contribution in [1.29, 1.82) is 0 Å². The Balaban J connectivity index is 1.80. The third-order valence-electron chi connectivity index (χ3n) is 7.39. The molecule has 0 saturated carbocycles. The zero-order valence-electron chi connectivity index (χ0n) is 26.6. The fourth-order valence-electron chi connectivity index (χ4n) is 4.95. The van der Waals surface area contributed by atoms with E-state index in [0.717, 1.165) is 9.87 Å². The van der Waals surface area contributed by atoms with Crippen LogP contribution in [-0.4, -0.2) is 50.9 Å². The highest BCUT2D eigenvalue weighted by molar-refractivity contribution is 7.92. The van der Waals surface area contributed by atoms with Crippen LogP contribution in [0, 0.1) is 5.92 Å². The number of hydrogen-bond donors (Lipinski definition) is 1. The minimum atomic E-state index is -4.25. The van der Waals surface area contributed by atoms with E-state index in [2.05, 4.69) is 5.32 Å². The molecule has 8 nitrogen and oxygen atoms in total. The summed E-state index contributed by atoms with van der Waals surface area (Å²) in [6, 6.07) is 27.7. The van der Waals surface area contributed by atoms with Gasteiger partial charge < -0.3 is 15.0 Å². The second-order valence-corrected chi connectivity index (χ2v) is 14.0. The number of sulfonamides is 1. The van der Waals surface area contributed by atoms with Crippen molar-refractivity contribution >= 4 is 50.7 Å². The van der Waals surface area contributed by atoms with Crippen LogP contribution in [0.4, 0.5) is 5.69 Å². The average molecular weight is 697 g/mol. The molecule has 1 atom stereocenters. The van der Waals surface area contributed by atoms with Crippen LogP contribution >= 0.6 is 23.2 Å². The number of hydrogen-bond acceptors (Lipinski definition) is 5. The molecular weight excluding hydrogens is 657 g/mol. The Morgan fingerprint density at radius 3 is 2.00 bits per heavy atom. The van der Waals surface area contributed by atoms with Crippen LogP contribution in [0.5, 0.6) is 5.75 Å². The molecule has 0 aromatic heterocycles. The molecule has 4 aromatic carbocycles. The van der Waals surface area contributed by atoms with E-state index < -0.39 is 28.5 Å². The van der Waals surface area contributed by atoms with Crippen LogP contribution in [0.1, 0.15) is 31.9 Å². The van der Waals surface area contributed by atoms with E-state index in [-0.39, 0.29) is 35.4 Å². The molecule has 1 N–H and O–H groups in total. The van der Waals surface area contributed by atoms with Crippen molar-refractivity contribution in [1.82, 2.24) is 10.2 Å². The van der Waals surface area contributed by atoms with Crippen molar-refractivity contribution in [3.8, 4) is 5.75 Å². The Bertz CT molecular complexity index is 1720. The van der Waals surface area contributed by atoms with Crippen LogP contribution in [0.25, 0.3) is 0 Å². The lowest BCUT2D eigenvalue weighted by molar-refractivity contribution is -0.140. The summed E-state index contributed by atoms with van der Waals surface area (Å²) < 4.78 is 34.9. The summed E-state index contributed by atoms with van der Waals surface area (Å²) in [6.45, 7) is 5.88. The normalized spacial score (nSPS) is 12.0. The number of amides is 2. The van der Waals surface area contributed by atoms with Crippen molar-refractivity contribution in [2.75, 3.05) is 24.0 Å². The van der Waals surface area contributed by atoms with Crippen molar-refractivity contribution in [3.05, 3.63) is 124 Å². The van der Waals surface area contributed by atoms with Crippen molar-refractivity contribution < 1.29 is 22.7 Å². The first kappa shape index (κ1) is 35.8. The molecule has 47 heavy (non-hydrogen) atoms. The number of nitrogens with zero attached hydrogens (tertiary/aromatic N) is 2. The molecule has 11 heteroatoms. The second-order valence-electron chi connectivity index (χ2n) is 11.3. The summed E-state index contributed by atoms with van der Waals surface area (Å²) >= 11 is 13.2. The summed E-state index contributed by atoms with van der Waals surface area (Å²) in [6.07, 6.45) is 0.176. The standard InChI is InChI=1S/C36H39Cl2N3O5S/c1-4-46-29-18-20-30(21-19-29)47(44,45)41(28-14-9-6-10-15-28)25-35(42)40(24-31-32(37)16-11-17-33(31)38)34(36(43)39-23-26(2)3)22-27-12-7-5-8-13-27/h5-21,26,34H,4,22-25H2,1-3H3,(H,39,43)/t34-/m1/s1. The SMILES string of the molecule is CCOc1ccc(S(=O)(=O)N(CC(=O)N(Cc2c(Cl)cccc2Cl)[C@H](Cc2ccccc2)C(=O)NCC(C)C)c2ccccc2)cc1. The molecule has 0 aliphatic carbocycles. The number of ether oxygens (including phenoxy) is 1. The number of carbonyl (C=O) groups is 2. The minimum Gasteiger partial charge on any atom is -0.494 e. The van der Waals surface area contributed by atoms with Crippen LogP contribution in [0.3, 0.4) is 0 Å². The molecule has 0 unspecified atom stereocenters. The van der Waals surface area contributed by atoms with E-state index in [1.54, 1.807) is 60.7 Å². The Morgan fingerprint density at radius 2 is 1.43 bits per heavy atom. The van der Waals surface area contributed by atoms with E-state index in [1.165, 1.54) is 17.0 Å². The molecule has 0 fully saturated rings. The van der Waals surface area contributed by atoms with Gasteiger partial charge in [-0.15, -0.1) is 0 Å². The third-order valence-corrected chi connectivity index (χ3v) is 9.89. The molecule has 0 aliphatic heterocycles. The van der Waals surface area contributed by atoms with Gasteiger partial charge in [-0.05, 0) is 66.9 Å². The number of para-hydroxylation sites is 1. The van der Waals surface area contributed by atoms with Gasteiger partial charge in [-0.1, -0.05) is 91.6 Å². The summed E-state index contributed by atoms with van der Waals surface area (Å²) in [5, 5.41) is 3.60. The minimum absolute atomic E-state index is 0.0196. The fraction of sp³-hybridized carbons (Fsp3) is 0.278. The molecule has 4 aromatic rings. The molecule has 0 saturated heterocycles. The maximum Gasteiger partial charge on any atom is 0.264 e. The molecule has 4 rings (SSSR count). The monoisotopic (exact) mass is 695 g/mol. The largest absolute Gasteiger partial charge is 0.494 e. The number of anilines is 1. The first-order chi connectivity index (χ1) is 22.5. The van der Waals surface area contributed by atoms with E-state index in [9.17, 15) is 18.0 Å². The van der Waals surface area contributed by atoms with Gasteiger partial charge in [-0.25, -0.2) is 8.42 Å². The first-order valence-corrected chi connectivity index (χ1v) is 17.6. The van der Waals surface area contributed by atoms with Gasteiger partial charge in [-0.3, -0.25) is 13.9 Å². The Kier molecular flexibility index (Phi) is 12.7.